The number of rotatable bonds is 6. The molecule has 0 bridgehead atoms. The van der Waals surface area contributed by atoms with Gasteiger partial charge in [-0.15, -0.1) is 0 Å². The standard InChI is InChI=1S/C16H20N2O6/c1-23-12-4-2-3-5-13(12)24-11-15(20)18-8-6-17(7-9-18)14(19)10-16(21)22/h2-5H,6-11H2,1H3,(H,21,22). The first kappa shape index (κ1) is 17.6. The summed E-state index contributed by atoms with van der Waals surface area (Å²) in [6.45, 7) is 1.25. The summed E-state index contributed by atoms with van der Waals surface area (Å²) in [5, 5.41) is 8.64. The molecule has 2 rings (SSSR count). The number of piperazine rings is 1. The van der Waals surface area contributed by atoms with Crippen LogP contribution in [0.1, 0.15) is 6.42 Å². The predicted octanol–water partition coefficient (Wildman–Crippen LogP) is 0.219. The fourth-order valence-electron chi connectivity index (χ4n) is 2.42. The van der Waals surface area contributed by atoms with Gasteiger partial charge in [0.2, 0.25) is 5.91 Å². The highest BCUT2D eigenvalue weighted by molar-refractivity contribution is 5.93. The Kier molecular flexibility index (Phi) is 6.00. The zero-order chi connectivity index (χ0) is 17.5. The van der Waals surface area contributed by atoms with Crippen molar-refractivity contribution in [1.82, 2.24) is 9.80 Å². The van der Waals surface area contributed by atoms with Crippen LogP contribution in [0.25, 0.3) is 0 Å². The largest absolute Gasteiger partial charge is 0.493 e. The van der Waals surface area contributed by atoms with Gasteiger partial charge in [-0.05, 0) is 12.1 Å². The Morgan fingerprint density at radius 1 is 1.00 bits per heavy atom. The van der Waals surface area contributed by atoms with Gasteiger partial charge in [-0.1, -0.05) is 12.1 Å². The lowest BCUT2D eigenvalue weighted by molar-refractivity contribution is -0.147. The molecule has 130 valence electrons. The highest BCUT2D eigenvalue weighted by Crippen LogP contribution is 2.25. The normalized spacial score (nSPS) is 14.2. The molecule has 0 radical (unpaired) electrons. The summed E-state index contributed by atoms with van der Waals surface area (Å²) < 4.78 is 10.6. The summed E-state index contributed by atoms with van der Waals surface area (Å²) in [5.41, 5.74) is 0. The van der Waals surface area contributed by atoms with Crippen molar-refractivity contribution in [3.8, 4) is 11.5 Å². The zero-order valence-corrected chi connectivity index (χ0v) is 13.4. The summed E-state index contributed by atoms with van der Waals surface area (Å²) in [4.78, 5) is 37.5. The molecule has 0 atom stereocenters. The van der Waals surface area contributed by atoms with Crippen molar-refractivity contribution in [2.45, 2.75) is 6.42 Å². The van der Waals surface area contributed by atoms with Gasteiger partial charge >= 0.3 is 5.97 Å². The summed E-state index contributed by atoms with van der Waals surface area (Å²) in [6, 6.07) is 7.05. The molecule has 1 aromatic rings. The molecular weight excluding hydrogens is 316 g/mol. The van der Waals surface area contributed by atoms with E-state index in [9.17, 15) is 14.4 Å². The maximum Gasteiger partial charge on any atom is 0.312 e. The lowest BCUT2D eigenvalue weighted by Gasteiger charge is -2.34. The molecule has 0 aliphatic carbocycles. The van der Waals surface area contributed by atoms with Gasteiger partial charge in [0.15, 0.2) is 18.1 Å². The van der Waals surface area contributed by atoms with E-state index in [1.54, 1.807) is 29.2 Å². The number of amides is 2. The number of benzene rings is 1. The quantitative estimate of drug-likeness (QED) is 0.747. The molecule has 0 unspecified atom stereocenters. The molecule has 1 aromatic carbocycles. The molecule has 1 aliphatic rings. The van der Waals surface area contributed by atoms with Crippen molar-refractivity contribution >= 4 is 17.8 Å². The van der Waals surface area contributed by atoms with Gasteiger partial charge in [0.1, 0.15) is 6.42 Å². The van der Waals surface area contributed by atoms with E-state index >= 15 is 0 Å². The van der Waals surface area contributed by atoms with Gasteiger partial charge in [0.25, 0.3) is 5.91 Å². The Labute approximate surface area is 139 Å². The highest BCUT2D eigenvalue weighted by Gasteiger charge is 2.25. The third-order valence-corrected chi connectivity index (χ3v) is 3.71. The minimum atomic E-state index is -1.15. The third-order valence-electron chi connectivity index (χ3n) is 3.71. The van der Waals surface area contributed by atoms with Gasteiger partial charge in [0, 0.05) is 26.2 Å². The lowest BCUT2D eigenvalue weighted by Crippen LogP contribution is -2.51. The SMILES string of the molecule is COc1ccccc1OCC(=O)N1CCN(C(=O)CC(=O)O)CC1. The van der Waals surface area contributed by atoms with E-state index in [4.69, 9.17) is 14.6 Å². The van der Waals surface area contributed by atoms with Crippen LogP contribution in [-0.2, 0) is 14.4 Å². The number of aliphatic carboxylic acids is 1. The third kappa shape index (κ3) is 4.61. The van der Waals surface area contributed by atoms with Crippen LogP contribution in [0.3, 0.4) is 0 Å². The number of carbonyl (C=O) groups excluding carboxylic acids is 2. The van der Waals surface area contributed by atoms with Crippen molar-refractivity contribution in [3.63, 3.8) is 0 Å². The number of ether oxygens (including phenoxy) is 2. The van der Waals surface area contributed by atoms with Gasteiger partial charge in [0.05, 0.1) is 7.11 Å². The molecule has 1 fully saturated rings. The number of carboxylic acids is 1. The number of nitrogens with zero attached hydrogens (tertiary/aromatic N) is 2. The molecule has 0 aromatic heterocycles. The van der Waals surface area contributed by atoms with Crippen molar-refractivity contribution in [3.05, 3.63) is 24.3 Å². The Bertz CT molecular complexity index is 610. The van der Waals surface area contributed by atoms with Crippen LogP contribution in [0.15, 0.2) is 24.3 Å². The van der Waals surface area contributed by atoms with Crippen molar-refractivity contribution < 1.29 is 29.0 Å². The van der Waals surface area contributed by atoms with Crippen molar-refractivity contribution in [2.24, 2.45) is 0 Å². The second-order valence-electron chi connectivity index (χ2n) is 5.27. The molecule has 8 nitrogen and oxygen atoms in total. The maximum absolute atomic E-state index is 12.2. The predicted molar refractivity (Wildman–Crippen MR) is 83.9 cm³/mol. The molecule has 1 saturated heterocycles. The van der Waals surface area contributed by atoms with E-state index < -0.39 is 18.3 Å². The average Bonchev–Trinajstić information content (AvgIpc) is 2.59. The molecule has 24 heavy (non-hydrogen) atoms. The highest BCUT2D eigenvalue weighted by atomic mass is 16.5. The number of carbonyl (C=O) groups is 3. The minimum absolute atomic E-state index is 0.122. The molecule has 0 spiro atoms. The van der Waals surface area contributed by atoms with Crippen LogP contribution in [0, 0.1) is 0 Å². The van der Waals surface area contributed by atoms with Crippen LogP contribution in [0.4, 0.5) is 0 Å². The van der Waals surface area contributed by atoms with E-state index in [0.717, 1.165) is 0 Å². The van der Waals surface area contributed by atoms with Crippen LogP contribution in [-0.4, -0.2) is 72.6 Å². The van der Waals surface area contributed by atoms with Crippen molar-refractivity contribution in [1.29, 1.82) is 0 Å². The van der Waals surface area contributed by atoms with E-state index in [-0.39, 0.29) is 12.5 Å². The smallest absolute Gasteiger partial charge is 0.312 e. The summed E-state index contributed by atoms with van der Waals surface area (Å²) in [5.74, 6) is -0.729. The average molecular weight is 336 g/mol. The first-order valence-corrected chi connectivity index (χ1v) is 7.54. The van der Waals surface area contributed by atoms with Crippen LogP contribution >= 0.6 is 0 Å². The number of methoxy groups -OCH3 is 1. The van der Waals surface area contributed by atoms with Gasteiger partial charge in [-0.25, -0.2) is 0 Å². The topological polar surface area (TPSA) is 96.4 Å². The molecule has 1 aliphatic heterocycles. The number of hydrogen-bond acceptors (Lipinski definition) is 5. The minimum Gasteiger partial charge on any atom is -0.493 e. The Balaban J connectivity index is 1.80. The van der Waals surface area contributed by atoms with E-state index in [0.29, 0.717) is 37.7 Å². The fraction of sp³-hybridized carbons (Fsp3) is 0.438. The van der Waals surface area contributed by atoms with Gasteiger partial charge in [-0.2, -0.15) is 0 Å². The number of para-hydroxylation sites is 2. The molecular formula is C16H20N2O6. The molecule has 1 heterocycles. The summed E-state index contributed by atoms with van der Waals surface area (Å²) in [7, 11) is 1.53. The van der Waals surface area contributed by atoms with Crippen LogP contribution < -0.4 is 9.47 Å². The number of carboxylic acid groups (broad SMARTS) is 1. The molecule has 1 N–H and O–H groups in total. The van der Waals surface area contributed by atoms with Gasteiger partial charge in [-0.3, -0.25) is 14.4 Å². The van der Waals surface area contributed by atoms with Crippen molar-refractivity contribution in [2.75, 3.05) is 39.9 Å². The Morgan fingerprint density at radius 2 is 1.54 bits per heavy atom. The zero-order valence-electron chi connectivity index (χ0n) is 13.4. The maximum atomic E-state index is 12.2. The number of hydrogen-bond donors (Lipinski definition) is 1. The Hall–Kier alpha value is -2.77. The molecule has 2 amide bonds. The summed E-state index contributed by atoms with van der Waals surface area (Å²) >= 11 is 0. The van der Waals surface area contributed by atoms with E-state index in [2.05, 4.69) is 0 Å². The monoisotopic (exact) mass is 336 g/mol. The van der Waals surface area contributed by atoms with E-state index in [1.807, 2.05) is 0 Å². The fourth-order valence-corrected chi connectivity index (χ4v) is 2.42. The second-order valence-corrected chi connectivity index (χ2v) is 5.27. The van der Waals surface area contributed by atoms with Crippen LogP contribution in [0.2, 0.25) is 0 Å². The first-order chi connectivity index (χ1) is 11.5. The molecule has 0 saturated carbocycles. The van der Waals surface area contributed by atoms with E-state index in [1.165, 1.54) is 12.0 Å². The second kappa shape index (κ2) is 8.19. The summed E-state index contributed by atoms with van der Waals surface area (Å²) in [6.07, 6.45) is -0.523. The lowest BCUT2D eigenvalue weighted by atomic mass is 10.2. The van der Waals surface area contributed by atoms with Crippen LogP contribution in [0.5, 0.6) is 11.5 Å². The Morgan fingerprint density at radius 3 is 2.08 bits per heavy atom. The van der Waals surface area contributed by atoms with Gasteiger partial charge < -0.3 is 24.4 Å². The molecule has 8 heteroatoms. The first-order valence-electron chi connectivity index (χ1n) is 7.54.